The van der Waals surface area contributed by atoms with Gasteiger partial charge in [0.25, 0.3) is 0 Å². The van der Waals surface area contributed by atoms with Crippen molar-refractivity contribution in [1.29, 1.82) is 0 Å². The van der Waals surface area contributed by atoms with Crippen molar-refractivity contribution >= 4 is 12.6 Å². The van der Waals surface area contributed by atoms with Crippen molar-refractivity contribution in [2.45, 2.75) is 18.7 Å². The monoisotopic (exact) mass is 214 g/mol. The van der Waals surface area contributed by atoms with E-state index in [9.17, 15) is 0 Å². The Morgan fingerprint density at radius 1 is 0.867 bits per heavy atom. The van der Waals surface area contributed by atoms with Gasteiger partial charge in [0, 0.05) is 4.90 Å². The summed E-state index contributed by atoms with van der Waals surface area (Å²) >= 11 is 4.29. The standard InChI is InChI=1S/C14H14S/c1-10-3-4-11(2)14(9-10)12-5-7-13(15)8-6-12/h3-9,15H,1-2H3. The minimum Gasteiger partial charge on any atom is -0.143 e. The van der Waals surface area contributed by atoms with Gasteiger partial charge >= 0.3 is 0 Å². The van der Waals surface area contributed by atoms with E-state index < -0.39 is 0 Å². The Balaban J connectivity index is 2.53. The van der Waals surface area contributed by atoms with Crippen molar-refractivity contribution in [2.24, 2.45) is 0 Å². The molecule has 0 spiro atoms. The van der Waals surface area contributed by atoms with Gasteiger partial charge in [-0.2, -0.15) is 0 Å². The second-order valence-corrected chi connectivity index (χ2v) is 4.38. The molecule has 0 amide bonds. The number of hydrogen-bond acceptors (Lipinski definition) is 1. The van der Waals surface area contributed by atoms with Crippen molar-refractivity contribution in [1.82, 2.24) is 0 Å². The van der Waals surface area contributed by atoms with E-state index in [0.29, 0.717) is 0 Å². The largest absolute Gasteiger partial charge is 0.143 e. The molecule has 0 radical (unpaired) electrons. The highest BCUT2D eigenvalue weighted by Gasteiger charge is 2.01. The number of hydrogen-bond donors (Lipinski definition) is 1. The molecule has 0 saturated carbocycles. The summed E-state index contributed by atoms with van der Waals surface area (Å²) in [5.41, 5.74) is 5.18. The summed E-state index contributed by atoms with van der Waals surface area (Å²) in [7, 11) is 0. The van der Waals surface area contributed by atoms with Crippen LogP contribution in [0.4, 0.5) is 0 Å². The SMILES string of the molecule is Cc1ccc(C)c(-c2ccc(S)cc2)c1. The molecule has 76 valence electrons. The second kappa shape index (κ2) is 4.11. The first-order valence-corrected chi connectivity index (χ1v) is 5.48. The van der Waals surface area contributed by atoms with Gasteiger partial charge < -0.3 is 0 Å². The molecule has 0 unspecified atom stereocenters. The molecule has 2 rings (SSSR count). The predicted octanol–water partition coefficient (Wildman–Crippen LogP) is 4.26. The van der Waals surface area contributed by atoms with Gasteiger partial charge in [0.2, 0.25) is 0 Å². The van der Waals surface area contributed by atoms with Crippen LogP contribution in [-0.4, -0.2) is 0 Å². The average molecular weight is 214 g/mol. The molecular formula is C14H14S. The fraction of sp³-hybridized carbons (Fsp3) is 0.143. The lowest BCUT2D eigenvalue weighted by molar-refractivity contribution is 1.38. The van der Waals surface area contributed by atoms with Gasteiger partial charge in [-0.15, -0.1) is 12.6 Å². The third kappa shape index (κ3) is 2.24. The fourth-order valence-corrected chi connectivity index (χ4v) is 1.84. The maximum Gasteiger partial charge on any atom is 0.00404 e. The van der Waals surface area contributed by atoms with E-state index in [1.165, 1.54) is 22.3 Å². The van der Waals surface area contributed by atoms with Gasteiger partial charge in [0.15, 0.2) is 0 Å². The molecule has 2 aromatic carbocycles. The Morgan fingerprint density at radius 3 is 2.20 bits per heavy atom. The Kier molecular flexibility index (Phi) is 2.83. The van der Waals surface area contributed by atoms with E-state index in [1.807, 2.05) is 12.1 Å². The van der Waals surface area contributed by atoms with Crippen LogP contribution in [-0.2, 0) is 0 Å². The van der Waals surface area contributed by atoms with Crippen molar-refractivity contribution in [3.8, 4) is 11.1 Å². The van der Waals surface area contributed by atoms with Crippen LogP contribution in [0.1, 0.15) is 11.1 Å². The minimum atomic E-state index is 1.00. The zero-order chi connectivity index (χ0) is 10.8. The first-order valence-electron chi connectivity index (χ1n) is 5.03. The zero-order valence-corrected chi connectivity index (χ0v) is 9.88. The van der Waals surface area contributed by atoms with Crippen LogP contribution in [0.25, 0.3) is 11.1 Å². The van der Waals surface area contributed by atoms with Crippen molar-refractivity contribution in [3.63, 3.8) is 0 Å². The Bertz CT molecular complexity index is 469. The number of benzene rings is 2. The van der Waals surface area contributed by atoms with E-state index >= 15 is 0 Å². The highest BCUT2D eigenvalue weighted by atomic mass is 32.1. The normalized spacial score (nSPS) is 10.3. The van der Waals surface area contributed by atoms with Gasteiger partial charge in [-0.25, -0.2) is 0 Å². The summed E-state index contributed by atoms with van der Waals surface area (Å²) in [5.74, 6) is 0. The van der Waals surface area contributed by atoms with Crippen LogP contribution in [0.5, 0.6) is 0 Å². The van der Waals surface area contributed by atoms with Crippen LogP contribution < -0.4 is 0 Å². The summed E-state index contributed by atoms with van der Waals surface area (Å²) in [5, 5.41) is 0. The zero-order valence-electron chi connectivity index (χ0n) is 8.99. The smallest absolute Gasteiger partial charge is 0.00404 e. The molecule has 0 saturated heterocycles. The lowest BCUT2D eigenvalue weighted by atomic mass is 9.99. The van der Waals surface area contributed by atoms with Gasteiger partial charge in [0.05, 0.1) is 0 Å². The molecule has 1 heteroatoms. The third-order valence-electron chi connectivity index (χ3n) is 2.57. The fourth-order valence-electron chi connectivity index (χ4n) is 1.69. The molecule has 15 heavy (non-hydrogen) atoms. The molecule has 0 aliphatic rings. The van der Waals surface area contributed by atoms with Gasteiger partial charge in [-0.1, -0.05) is 35.9 Å². The topological polar surface area (TPSA) is 0 Å². The van der Waals surface area contributed by atoms with Crippen LogP contribution in [0, 0.1) is 13.8 Å². The molecule has 0 heterocycles. The molecule has 0 atom stereocenters. The molecule has 0 N–H and O–H groups in total. The van der Waals surface area contributed by atoms with Crippen LogP contribution >= 0.6 is 12.6 Å². The third-order valence-corrected chi connectivity index (χ3v) is 2.87. The van der Waals surface area contributed by atoms with E-state index in [-0.39, 0.29) is 0 Å². The lowest BCUT2D eigenvalue weighted by Crippen LogP contribution is -1.84. The van der Waals surface area contributed by atoms with Crippen molar-refractivity contribution < 1.29 is 0 Å². The predicted molar refractivity (Wildman–Crippen MR) is 68.6 cm³/mol. The molecule has 0 bridgehead atoms. The summed E-state index contributed by atoms with van der Waals surface area (Å²) in [6.45, 7) is 4.26. The summed E-state index contributed by atoms with van der Waals surface area (Å²) in [6, 6.07) is 14.8. The maximum atomic E-state index is 4.29. The minimum absolute atomic E-state index is 1.00. The molecule has 0 fully saturated rings. The molecular weight excluding hydrogens is 200 g/mol. The van der Waals surface area contributed by atoms with Crippen LogP contribution in [0.3, 0.4) is 0 Å². The summed E-state index contributed by atoms with van der Waals surface area (Å²) in [4.78, 5) is 1.00. The number of thiol groups is 1. The molecule has 0 nitrogen and oxygen atoms in total. The molecule has 0 aliphatic carbocycles. The van der Waals surface area contributed by atoms with E-state index in [0.717, 1.165) is 4.90 Å². The summed E-state index contributed by atoms with van der Waals surface area (Å²) < 4.78 is 0. The Morgan fingerprint density at radius 2 is 1.53 bits per heavy atom. The Hall–Kier alpha value is -1.21. The molecule has 0 aromatic heterocycles. The van der Waals surface area contributed by atoms with Gasteiger partial charge in [0.1, 0.15) is 0 Å². The summed E-state index contributed by atoms with van der Waals surface area (Å²) in [6.07, 6.45) is 0. The lowest BCUT2D eigenvalue weighted by Gasteiger charge is -2.07. The van der Waals surface area contributed by atoms with E-state index in [4.69, 9.17) is 0 Å². The van der Waals surface area contributed by atoms with Gasteiger partial charge in [-0.05, 0) is 42.7 Å². The maximum absolute atomic E-state index is 4.29. The average Bonchev–Trinajstić information content (AvgIpc) is 2.23. The number of aryl methyl sites for hydroxylation is 2. The van der Waals surface area contributed by atoms with Crippen molar-refractivity contribution in [2.75, 3.05) is 0 Å². The highest BCUT2D eigenvalue weighted by Crippen LogP contribution is 2.25. The first kappa shape index (κ1) is 10.3. The van der Waals surface area contributed by atoms with Crippen LogP contribution in [0.15, 0.2) is 47.4 Å². The van der Waals surface area contributed by atoms with Crippen molar-refractivity contribution in [3.05, 3.63) is 53.6 Å². The van der Waals surface area contributed by atoms with E-state index in [2.05, 4.69) is 56.8 Å². The second-order valence-electron chi connectivity index (χ2n) is 3.87. The highest BCUT2D eigenvalue weighted by molar-refractivity contribution is 7.80. The van der Waals surface area contributed by atoms with Gasteiger partial charge in [-0.3, -0.25) is 0 Å². The Labute approximate surface area is 96.4 Å². The quantitative estimate of drug-likeness (QED) is 0.674. The molecule has 2 aromatic rings. The first-order chi connectivity index (χ1) is 7.16. The number of rotatable bonds is 1. The van der Waals surface area contributed by atoms with E-state index in [1.54, 1.807) is 0 Å². The molecule has 0 aliphatic heterocycles. The van der Waals surface area contributed by atoms with Crippen LogP contribution in [0.2, 0.25) is 0 Å².